The highest BCUT2D eigenvalue weighted by Crippen LogP contribution is 2.29. The Labute approximate surface area is 108 Å². The van der Waals surface area contributed by atoms with Crippen molar-refractivity contribution in [3.8, 4) is 0 Å². The molecule has 0 spiro atoms. The second-order valence-corrected chi connectivity index (χ2v) is 4.99. The average Bonchev–Trinajstić information content (AvgIpc) is 2.12. The first kappa shape index (κ1) is 13.3. The molecule has 0 aliphatic heterocycles. The van der Waals surface area contributed by atoms with Gasteiger partial charge in [0.1, 0.15) is 0 Å². The van der Waals surface area contributed by atoms with E-state index in [0.29, 0.717) is 5.02 Å². The summed E-state index contributed by atoms with van der Waals surface area (Å²) in [5, 5.41) is 12.4. The van der Waals surface area contributed by atoms with Crippen LogP contribution in [0.3, 0.4) is 0 Å². The minimum Gasteiger partial charge on any atom is -0.481 e. The van der Waals surface area contributed by atoms with Gasteiger partial charge in [-0.25, -0.2) is 0 Å². The van der Waals surface area contributed by atoms with E-state index in [1.165, 1.54) is 0 Å². The highest BCUT2D eigenvalue weighted by Gasteiger charge is 2.10. The molecule has 1 aromatic rings. The summed E-state index contributed by atoms with van der Waals surface area (Å²) in [4.78, 5) is 10.5. The zero-order valence-electron chi connectivity index (χ0n) is 9.05. The van der Waals surface area contributed by atoms with Crippen molar-refractivity contribution in [3.63, 3.8) is 0 Å². The summed E-state index contributed by atoms with van der Waals surface area (Å²) >= 11 is 9.41. The second kappa shape index (κ2) is 5.55. The molecule has 0 bridgehead atoms. The molecule has 0 saturated heterocycles. The van der Waals surface area contributed by atoms with Crippen LogP contribution in [-0.2, 0) is 4.79 Å². The molecular weight excluding hydrogens is 293 g/mol. The van der Waals surface area contributed by atoms with Gasteiger partial charge in [-0.1, -0.05) is 11.6 Å². The Bertz CT molecular complexity index is 409. The maximum absolute atomic E-state index is 10.5. The number of aryl methyl sites for hydroxylation is 1. The van der Waals surface area contributed by atoms with Gasteiger partial charge in [0, 0.05) is 15.5 Å². The summed E-state index contributed by atoms with van der Waals surface area (Å²) in [7, 11) is 0. The number of halogens is 2. The molecule has 0 saturated carbocycles. The third-order valence-corrected chi connectivity index (χ3v) is 3.19. The smallest absolute Gasteiger partial charge is 0.305 e. The molecule has 0 heterocycles. The molecule has 2 N–H and O–H groups in total. The van der Waals surface area contributed by atoms with Crippen LogP contribution in [0.5, 0.6) is 0 Å². The zero-order valence-corrected chi connectivity index (χ0v) is 11.4. The van der Waals surface area contributed by atoms with Crippen molar-refractivity contribution in [1.29, 1.82) is 0 Å². The summed E-state index contributed by atoms with van der Waals surface area (Å²) in [6, 6.07) is 3.55. The SMILES string of the molecule is Cc1cc(Br)c(NC(C)CC(=O)O)cc1Cl. The molecule has 0 aromatic heterocycles. The van der Waals surface area contributed by atoms with Crippen LogP contribution in [0, 0.1) is 6.92 Å². The van der Waals surface area contributed by atoms with Gasteiger partial charge < -0.3 is 10.4 Å². The molecule has 88 valence electrons. The van der Waals surface area contributed by atoms with Gasteiger partial charge in [0.2, 0.25) is 0 Å². The summed E-state index contributed by atoms with van der Waals surface area (Å²) < 4.78 is 0.881. The zero-order chi connectivity index (χ0) is 12.3. The molecule has 0 radical (unpaired) electrons. The Hall–Kier alpha value is -0.740. The van der Waals surface area contributed by atoms with Crippen LogP contribution < -0.4 is 5.32 Å². The van der Waals surface area contributed by atoms with E-state index in [4.69, 9.17) is 16.7 Å². The number of hydrogen-bond acceptors (Lipinski definition) is 2. The Kier molecular flexibility index (Phi) is 4.62. The van der Waals surface area contributed by atoms with E-state index in [0.717, 1.165) is 15.7 Å². The molecule has 0 aliphatic carbocycles. The van der Waals surface area contributed by atoms with Crippen molar-refractivity contribution >= 4 is 39.2 Å². The van der Waals surface area contributed by atoms with Gasteiger partial charge in [-0.2, -0.15) is 0 Å². The van der Waals surface area contributed by atoms with E-state index < -0.39 is 5.97 Å². The normalized spacial score (nSPS) is 12.2. The molecule has 1 unspecified atom stereocenters. The second-order valence-electron chi connectivity index (χ2n) is 3.72. The van der Waals surface area contributed by atoms with E-state index >= 15 is 0 Å². The fraction of sp³-hybridized carbons (Fsp3) is 0.364. The topological polar surface area (TPSA) is 49.3 Å². The predicted molar refractivity (Wildman–Crippen MR) is 69.2 cm³/mol. The molecule has 3 nitrogen and oxygen atoms in total. The minimum atomic E-state index is -0.825. The van der Waals surface area contributed by atoms with Crippen molar-refractivity contribution in [3.05, 3.63) is 27.2 Å². The Morgan fingerprint density at radius 3 is 2.81 bits per heavy atom. The number of anilines is 1. The van der Waals surface area contributed by atoms with Crippen molar-refractivity contribution < 1.29 is 9.90 Å². The number of hydrogen-bond donors (Lipinski definition) is 2. The average molecular weight is 307 g/mol. The molecule has 5 heteroatoms. The van der Waals surface area contributed by atoms with Crippen molar-refractivity contribution in [2.75, 3.05) is 5.32 Å². The lowest BCUT2D eigenvalue weighted by Gasteiger charge is -2.15. The van der Waals surface area contributed by atoms with E-state index in [9.17, 15) is 4.79 Å². The van der Waals surface area contributed by atoms with Crippen LogP contribution in [0.1, 0.15) is 18.9 Å². The number of benzene rings is 1. The molecule has 1 aromatic carbocycles. The van der Waals surface area contributed by atoms with Gasteiger partial charge in [0.05, 0.1) is 12.1 Å². The molecular formula is C11H13BrClNO2. The summed E-state index contributed by atoms with van der Waals surface area (Å²) in [5.41, 5.74) is 1.79. The molecule has 1 rings (SSSR count). The summed E-state index contributed by atoms with van der Waals surface area (Å²) in [6.07, 6.45) is 0.0674. The van der Waals surface area contributed by atoms with Crippen LogP contribution in [0.15, 0.2) is 16.6 Å². The monoisotopic (exact) mass is 305 g/mol. The van der Waals surface area contributed by atoms with Gasteiger partial charge in [-0.05, 0) is 47.5 Å². The van der Waals surface area contributed by atoms with E-state index in [2.05, 4.69) is 21.2 Å². The fourth-order valence-electron chi connectivity index (χ4n) is 1.34. The standard InChI is InChI=1S/C11H13BrClNO2/c1-6-3-8(12)10(5-9(6)13)14-7(2)4-11(15)16/h3,5,7,14H,4H2,1-2H3,(H,15,16). The number of rotatable bonds is 4. The first-order valence-electron chi connectivity index (χ1n) is 4.84. The number of carbonyl (C=O) groups is 1. The van der Waals surface area contributed by atoms with Gasteiger partial charge in [-0.15, -0.1) is 0 Å². The van der Waals surface area contributed by atoms with Crippen molar-refractivity contribution in [2.24, 2.45) is 0 Å². The highest BCUT2D eigenvalue weighted by molar-refractivity contribution is 9.10. The number of nitrogens with one attached hydrogen (secondary N) is 1. The largest absolute Gasteiger partial charge is 0.481 e. The first-order chi connectivity index (χ1) is 7.40. The molecule has 0 amide bonds. The predicted octanol–water partition coefficient (Wildman–Crippen LogP) is 3.69. The molecule has 0 aliphatic rings. The van der Waals surface area contributed by atoms with Gasteiger partial charge in [-0.3, -0.25) is 4.79 Å². The first-order valence-corrected chi connectivity index (χ1v) is 6.01. The summed E-state index contributed by atoms with van der Waals surface area (Å²) in [5.74, 6) is -0.825. The lowest BCUT2D eigenvalue weighted by atomic mass is 10.2. The lowest BCUT2D eigenvalue weighted by Crippen LogP contribution is -2.19. The minimum absolute atomic E-state index is 0.0674. The van der Waals surface area contributed by atoms with Crippen molar-refractivity contribution in [1.82, 2.24) is 0 Å². The third-order valence-electron chi connectivity index (χ3n) is 2.13. The van der Waals surface area contributed by atoms with Gasteiger partial charge >= 0.3 is 5.97 Å². The quantitative estimate of drug-likeness (QED) is 0.892. The van der Waals surface area contributed by atoms with Crippen LogP contribution in [0.4, 0.5) is 5.69 Å². The highest BCUT2D eigenvalue weighted by atomic mass is 79.9. The van der Waals surface area contributed by atoms with Gasteiger partial charge in [0.25, 0.3) is 0 Å². The van der Waals surface area contributed by atoms with Gasteiger partial charge in [0.15, 0.2) is 0 Å². The number of carboxylic acids is 1. The van der Waals surface area contributed by atoms with E-state index in [1.54, 1.807) is 6.07 Å². The molecule has 16 heavy (non-hydrogen) atoms. The van der Waals surface area contributed by atoms with E-state index in [1.807, 2.05) is 19.9 Å². The van der Waals surface area contributed by atoms with Crippen LogP contribution in [0.25, 0.3) is 0 Å². The van der Waals surface area contributed by atoms with E-state index in [-0.39, 0.29) is 12.5 Å². The summed E-state index contributed by atoms with van der Waals surface area (Å²) in [6.45, 7) is 3.73. The molecule has 0 fully saturated rings. The number of carboxylic acid groups (broad SMARTS) is 1. The van der Waals surface area contributed by atoms with Crippen LogP contribution in [0.2, 0.25) is 5.02 Å². The van der Waals surface area contributed by atoms with Crippen LogP contribution >= 0.6 is 27.5 Å². The molecule has 1 atom stereocenters. The van der Waals surface area contributed by atoms with Crippen LogP contribution in [-0.4, -0.2) is 17.1 Å². The fourth-order valence-corrected chi connectivity index (χ4v) is 2.07. The number of aliphatic carboxylic acids is 1. The van der Waals surface area contributed by atoms with Crippen molar-refractivity contribution in [2.45, 2.75) is 26.3 Å². The Morgan fingerprint density at radius 2 is 2.25 bits per heavy atom. The third kappa shape index (κ3) is 3.68. The Morgan fingerprint density at radius 1 is 1.62 bits per heavy atom. The maximum atomic E-state index is 10.5. The Balaban J connectivity index is 2.81. The maximum Gasteiger partial charge on any atom is 0.305 e. The lowest BCUT2D eigenvalue weighted by molar-refractivity contribution is -0.137.